The van der Waals surface area contributed by atoms with E-state index >= 15 is 0 Å². The fourth-order valence-electron chi connectivity index (χ4n) is 1.80. The van der Waals surface area contributed by atoms with Crippen LogP contribution in [0.5, 0.6) is 0 Å². The first-order valence-corrected chi connectivity index (χ1v) is 7.04. The summed E-state index contributed by atoms with van der Waals surface area (Å²) in [6, 6.07) is 10.4. The quantitative estimate of drug-likeness (QED) is 0.908. The van der Waals surface area contributed by atoms with Gasteiger partial charge < -0.3 is 9.73 Å². The normalized spacial score (nSPS) is 13.4. The summed E-state index contributed by atoms with van der Waals surface area (Å²) in [6.07, 6.45) is 0. The highest BCUT2D eigenvalue weighted by Crippen LogP contribution is 2.27. The predicted molar refractivity (Wildman–Crippen MR) is 79.7 cm³/mol. The number of nitrogens with one attached hydrogen (secondary N) is 1. The second-order valence-corrected chi connectivity index (χ2v) is 6.34. The summed E-state index contributed by atoms with van der Waals surface area (Å²) in [5.41, 5.74) is 0.509. The average Bonchev–Trinajstić information content (AvgIpc) is 2.79. The molecule has 0 amide bonds. The van der Waals surface area contributed by atoms with E-state index in [2.05, 4.69) is 27.3 Å². The highest BCUT2D eigenvalue weighted by atomic mass is 79.9. The zero-order valence-electron chi connectivity index (χ0n) is 11.3. The Balaban J connectivity index is 2.14. The van der Waals surface area contributed by atoms with Crippen LogP contribution in [0.15, 0.2) is 33.2 Å². The lowest BCUT2D eigenvalue weighted by molar-refractivity contribution is 0.383. The predicted octanol–water partition coefficient (Wildman–Crippen LogP) is 4.40. The van der Waals surface area contributed by atoms with Gasteiger partial charge in [0.2, 0.25) is 0 Å². The maximum atomic E-state index is 9.00. The van der Waals surface area contributed by atoms with Crippen LogP contribution in [0.2, 0.25) is 0 Å². The zero-order chi connectivity index (χ0) is 14.0. The van der Waals surface area contributed by atoms with Gasteiger partial charge in [-0.3, -0.25) is 0 Å². The van der Waals surface area contributed by atoms with Gasteiger partial charge in [-0.1, -0.05) is 15.9 Å². The van der Waals surface area contributed by atoms with E-state index in [0.717, 1.165) is 21.2 Å². The molecule has 1 heterocycles. The van der Waals surface area contributed by atoms with Gasteiger partial charge in [-0.25, -0.2) is 0 Å². The number of nitriles is 1. The van der Waals surface area contributed by atoms with Crippen LogP contribution in [0.4, 0.5) is 0 Å². The Hall–Kier alpha value is -1.31. The minimum atomic E-state index is -0.372. The number of rotatable bonds is 4. The number of nitrogens with zero attached hydrogens (tertiary/aromatic N) is 1. The van der Waals surface area contributed by atoms with Crippen LogP contribution in [-0.2, 0) is 0 Å². The smallest absolute Gasteiger partial charge is 0.134 e. The van der Waals surface area contributed by atoms with Crippen molar-refractivity contribution in [3.05, 3.63) is 34.5 Å². The summed E-state index contributed by atoms with van der Waals surface area (Å²) >= 11 is 3.45. The third-order valence-electron chi connectivity index (χ3n) is 3.08. The molecular weight excluding hydrogens is 304 g/mol. The van der Waals surface area contributed by atoms with Gasteiger partial charge in [-0.15, -0.1) is 0 Å². The molecule has 19 heavy (non-hydrogen) atoms. The monoisotopic (exact) mass is 320 g/mol. The number of halogens is 1. The lowest BCUT2D eigenvalue weighted by atomic mass is 9.95. The van der Waals surface area contributed by atoms with Crippen molar-refractivity contribution in [2.45, 2.75) is 26.8 Å². The second kappa shape index (κ2) is 5.36. The summed E-state index contributed by atoms with van der Waals surface area (Å²) in [5, 5.41) is 13.4. The van der Waals surface area contributed by atoms with Crippen LogP contribution in [-0.4, -0.2) is 6.54 Å². The molecule has 0 aliphatic carbocycles. The Morgan fingerprint density at radius 1 is 1.42 bits per heavy atom. The van der Waals surface area contributed by atoms with E-state index < -0.39 is 0 Å². The summed E-state index contributed by atoms with van der Waals surface area (Å²) in [6.45, 7) is 6.51. The van der Waals surface area contributed by atoms with Crippen LogP contribution >= 0.6 is 15.9 Å². The third-order valence-corrected chi connectivity index (χ3v) is 3.57. The van der Waals surface area contributed by atoms with Crippen LogP contribution in [0.1, 0.15) is 32.6 Å². The van der Waals surface area contributed by atoms with E-state index in [1.54, 1.807) is 0 Å². The standard InChI is InChI=1S/C15H17BrN2O/c1-10(18-9-15(2,3)8-17)14-7-11-6-12(16)4-5-13(11)19-14/h4-7,10,18H,9H2,1-3H3. The van der Waals surface area contributed by atoms with Crippen molar-refractivity contribution in [2.75, 3.05) is 6.54 Å². The molecule has 0 spiro atoms. The van der Waals surface area contributed by atoms with Gasteiger partial charge in [0.25, 0.3) is 0 Å². The van der Waals surface area contributed by atoms with Gasteiger partial charge in [-0.05, 0) is 45.0 Å². The lowest BCUT2D eigenvalue weighted by Crippen LogP contribution is -2.30. The summed E-state index contributed by atoms with van der Waals surface area (Å²) < 4.78 is 6.86. The number of furan rings is 1. The Morgan fingerprint density at radius 2 is 2.16 bits per heavy atom. The fraction of sp³-hybridized carbons (Fsp3) is 0.400. The number of benzene rings is 1. The van der Waals surface area contributed by atoms with Crippen LogP contribution in [0.3, 0.4) is 0 Å². The molecule has 0 bridgehead atoms. The summed E-state index contributed by atoms with van der Waals surface area (Å²) in [4.78, 5) is 0. The lowest BCUT2D eigenvalue weighted by Gasteiger charge is -2.19. The molecule has 3 nitrogen and oxygen atoms in total. The molecule has 2 aromatic rings. The van der Waals surface area contributed by atoms with Gasteiger partial charge in [0.1, 0.15) is 11.3 Å². The van der Waals surface area contributed by atoms with E-state index in [4.69, 9.17) is 9.68 Å². The minimum Gasteiger partial charge on any atom is -0.459 e. The molecule has 100 valence electrons. The van der Waals surface area contributed by atoms with Crippen LogP contribution in [0.25, 0.3) is 11.0 Å². The Labute approximate surface area is 121 Å². The molecule has 0 saturated carbocycles. The highest BCUT2D eigenvalue weighted by molar-refractivity contribution is 9.10. The molecule has 1 aromatic carbocycles. The van der Waals surface area contributed by atoms with Crippen LogP contribution < -0.4 is 5.32 Å². The molecule has 0 aliphatic rings. The van der Waals surface area contributed by atoms with E-state index in [0.29, 0.717) is 6.54 Å². The number of hydrogen-bond donors (Lipinski definition) is 1. The van der Waals surface area contributed by atoms with Gasteiger partial charge in [-0.2, -0.15) is 5.26 Å². The van der Waals surface area contributed by atoms with E-state index in [-0.39, 0.29) is 11.5 Å². The van der Waals surface area contributed by atoms with Crippen molar-refractivity contribution in [3.8, 4) is 6.07 Å². The number of hydrogen-bond acceptors (Lipinski definition) is 3. The first-order chi connectivity index (χ1) is 8.91. The molecule has 0 radical (unpaired) electrons. The Kier molecular flexibility index (Phi) is 3.98. The maximum Gasteiger partial charge on any atom is 0.134 e. The third kappa shape index (κ3) is 3.37. The Bertz CT molecular complexity index is 625. The molecule has 0 fully saturated rings. The van der Waals surface area contributed by atoms with Crippen molar-refractivity contribution in [3.63, 3.8) is 0 Å². The van der Waals surface area contributed by atoms with Gasteiger partial charge in [0, 0.05) is 16.4 Å². The van der Waals surface area contributed by atoms with Crippen molar-refractivity contribution >= 4 is 26.9 Å². The first-order valence-electron chi connectivity index (χ1n) is 6.25. The molecule has 1 N–H and O–H groups in total. The second-order valence-electron chi connectivity index (χ2n) is 5.43. The fourth-order valence-corrected chi connectivity index (χ4v) is 2.18. The summed E-state index contributed by atoms with van der Waals surface area (Å²) in [7, 11) is 0. The molecule has 1 aromatic heterocycles. The van der Waals surface area contributed by atoms with Crippen molar-refractivity contribution in [1.29, 1.82) is 5.26 Å². The maximum absolute atomic E-state index is 9.00. The molecule has 0 saturated heterocycles. The summed E-state index contributed by atoms with van der Waals surface area (Å²) in [5.74, 6) is 0.891. The molecule has 1 atom stereocenters. The minimum absolute atomic E-state index is 0.0822. The Morgan fingerprint density at radius 3 is 2.84 bits per heavy atom. The van der Waals surface area contributed by atoms with E-state index in [9.17, 15) is 0 Å². The van der Waals surface area contributed by atoms with Crippen molar-refractivity contribution < 1.29 is 4.42 Å². The molecule has 1 unspecified atom stereocenters. The molecule has 2 rings (SSSR count). The van der Waals surface area contributed by atoms with E-state index in [1.165, 1.54) is 0 Å². The largest absolute Gasteiger partial charge is 0.459 e. The van der Waals surface area contributed by atoms with Crippen molar-refractivity contribution in [1.82, 2.24) is 5.32 Å². The topological polar surface area (TPSA) is 49.0 Å². The molecule has 4 heteroatoms. The van der Waals surface area contributed by atoms with Gasteiger partial charge in [0.15, 0.2) is 0 Å². The van der Waals surface area contributed by atoms with E-state index in [1.807, 2.05) is 45.0 Å². The number of fused-ring (bicyclic) bond motifs is 1. The van der Waals surface area contributed by atoms with Gasteiger partial charge in [0.05, 0.1) is 17.5 Å². The zero-order valence-corrected chi connectivity index (χ0v) is 12.9. The van der Waals surface area contributed by atoms with Gasteiger partial charge >= 0.3 is 0 Å². The molecular formula is C15H17BrN2O. The first kappa shape index (κ1) is 14.1. The molecule has 0 aliphatic heterocycles. The highest BCUT2D eigenvalue weighted by Gasteiger charge is 2.19. The SMILES string of the molecule is CC(NCC(C)(C)C#N)c1cc2cc(Br)ccc2o1. The van der Waals surface area contributed by atoms with Crippen LogP contribution in [0, 0.1) is 16.7 Å². The van der Waals surface area contributed by atoms with Crippen molar-refractivity contribution in [2.24, 2.45) is 5.41 Å². The average molecular weight is 321 g/mol.